The maximum atomic E-state index is 7.95. The van der Waals surface area contributed by atoms with Gasteiger partial charge in [-0.05, 0) is 41.1 Å². The fraction of sp³-hybridized carbons (Fsp3) is 0.455. The van der Waals surface area contributed by atoms with Gasteiger partial charge in [-0.2, -0.15) is 0 Å². The third kappa shape index (κ3) is 4.47. The topological polar surface area (TPSA) is 62.2 Å². The van der Waals surface area contributed by atoms with Crippen molar-refractivity contribution in [2.45, 2.75) is 63.2 Å². The first kappa shape index (κ1) is 19.0. The minimum atomic E-state index is 0.274. The molecule has 1 heterocycles. The fourth-order valence-corrected chi connectivity index (χ4v) is 4.56. The van der Waals surface area contributed by atoms with E-state index in [2.05, 4.69) is 42.2 Å². The molecule has 1 aliphatic rings. The molecule has 3 rings (SSSR count). The van der Waals surface area contributed by atoms with Crippen LogP contribution in [0.4, 0.5) is 0 Å². The van der Waals surface area contributed by atoms with Gasteiger partial charge >= 0.3 is 0 Å². The summed E-state index contributed by atoms with van der Waals surface area (Å²) in [5.74, 6) is 1.90. The zero-order valence-electron chi connectivity index (χ0n) is 15.7. The van der Waals surface area contributed by atoms with Gasteiger partial charge in [-0.25, -0.2) is 4.99 Å². The quantitative estimate of drug-likeness (QED) is 0.393. The minimum absolute atomic E-state index is 0.274. The molecular weight excluding hydrogens is 338 g/mol. The molecule has 2 aromatic carbocycles. The van der Waals surface area contributed by atoms with Gasteiger partial charge in [-0.1, -0.05) is 64.0 Å². The molecule has 138 valence electrons. The Morgan fingerprint density at radius 1 is 0.962 bits per heavy atom. The van der Waals surface area contributed by atoms with Gasteiger partial charge in [-0.3, -0.25) is 5.41 Å². The molecule has 0 atom stereocenters. The summed E-state index contributed by atoms with van der Waals surface area (Å²) in [5, 5.41) is 10.3. The molecule has 0 spiro atoms. The van der Waals surface area contributed by atoms with Crippen molar-refractivity contribution in [1.82, 2.24) is 0 Å². The smallest absolute Gasteiger partial charge is 0.154 e. The van der Waals surface area contributed by atoms with E-state index < -0.39 is 0 Å². The maximum Gasteiger partial charge on any atom is 0.154 e. The Morgan fingerprint density at radius 3 is 2.46 bits per heavy atom. The number of hydrogen-bond donors (Lipinski definition) is 2. The van der Waals surface area contributed by atoms with Crippen LogP contribution in [0.25, 0.3) is 10.8 Å². The second-order valence-corrected chi connectivity index (χ2v) is 8.18. The average molecular weight is 368 g/mol. The van der Waals surface area contributed by atoms with E-state index in [0.29, 0.717) is 5.84 Å². The van der Waals surface area contributed by atoms with Crippen molar-refractivity contribution in [2.75, 3.05) is 5.75 Å². The van der Waals surface area contributed by atoms with Crippen LogP contribution in [0.15, 0.2) is 40.2 Å². The number of unbranched alkanes of at least 4 members (excludes halogenated alkanes) is 7. The number of nitrogens with one attached hydrogen (secondary N) is 1. The molecule has 0 aliphatic carbocycles. The summed E-state index contributed by atoms with van der Waals surface area (Å²) in [4.78, 5) is 5.41. The molecule has 1 aliphatic heterocycles. The predicted molar refractivity (Wildman–Crippen MR) is 115 cm³/mol. The van der Waals surface area contributed by atoms with E-state index in [1.165, 1.54) is 67.0 Å². The second-order valence-electron chi connectivity index (χ2n) is 7.04. The van der Waals surface area contributed by atoms with E-state index in [4.69, 9.17) is 11.1 Å². The van der Waals surface area contributed by atoms with Crippen LogP contribution in [-0.2, 0) is 0 Å². The van der Waals surface area contributed by atoms with Gasteiger partial charge in [0, 0.05) is 16.0 Å². The molecular formula is C22H29N3S. The number of nitrogens with zero attached hydrogens (tertiary/aromatic N) is 1. The molecule has 2 aromatic rings. The van der Waals surface area contributed by atoms with E-state index in [1.54, 1.807) is 0 Å². The van der Waals surface area contributed by atoms with Gasteiger partial charge < -0.3 is 5.73 Å². The van der Waals surface area contributed by atoms with Crippen LogP contribution >= 0.6 is 11.8 Å². The molecule has 0 saturated carbocycles. The van der Waals surface area contributed by atoms with Crippen molar-refractivity contribution in [3.05, 3.63) is 41.5 Å². The summed E-state index contributed by atoms with van der Waals surface area (Å²) >= 11 is 1.93. The van der Waals surface area contributed by atoms with Crippen molar-refractivity contribution in [2.24, 2.45) is 10.7 Å². The molecule has 3 N–H and O–H groups in total. The number of amidine groups is 2. The normalized spacial score (nSPS) is 13.3. The highest BCUT2D eigenvalue weighted by Crippen LogP contribution is 2.32. The van der Waals surface area contributed by atoms with Gasteiger partial charge in [0.15, 0.2) is 5.84 Å². The number of hydrogen-bond acceptors (Lipinski definition) is 3. The lowest BCUT2D eigenvalue weighted by Gasteiger charge is -2.09. The SMILES string of the molecule is CCCCCCCCCCSc1cccc2cc3c(cc12)C(N)=NC3=N. The third-order valence-corrected chi connectivity index (χ3v) is 6.16. The number of aliphatic imine (C=N–C) groups is 1. The number of nitrogens with two attached hydrogens (primary N) is 1. The van der Waals surface area contributed by atoms with Crippen LogP contribution in [0.2, 0.25) is 0 Å². The maximum absolute atomic E-state index is 7.95. The zero-order valence-corrected chi connectivity index (χ0v) is 16.5. The van der Waals surface area contributed by atoms with Crippen molar-refractivity contribution < 1.29 is 0 Å². The Balaban J connectivity index is 1.55. The molecule has 4 heteroatoms. The highest BCUT2D eigenvalue weighted by Gasteiger charge is 2.19. The Bertz CT molecular complexity index is 810. The molecule has 0 unspecified atom stereocenters. The van der Waals surface area contributed by atoms with E-state index in [9.17, 15) is 0 Å². The first-order chi connectivity index (χ1) is 12.7. The van der Waals surface area contributed by atoms with Crippen LogP contribution in [-0.4, -0.2) is 17.4 Å². The largest absolute Gasteiger partial charge is 0.383 e. The van der Waals surface area contributed by atoms with Gasteiger partial charge in [0.25, 0.3) is 0 Å². The number of benzene rings is 2. The molecule has 0 aromatic heterocycles. The summed E-state index contributed by atoms with van der Waals surface area (Å²) in [6.45, 7) is 2.27. The van der Waals surface area contributed by atoms with Crippen molar-refractivity contribution in [3.63, 3.8) is 0 Å². The Morgan fingerprint density at radius 2 is 1.69 bits per heavy atom. The van der Waals surface area contributed by atoms with Gasteiger partial charge in [-0.15, -0.1) is 11.8 Å². The Labute approximate surface area is 161 Å². The summed E-state index contributed by atoms with van der Waals surface area (Å²) in [6.07, 6.45) is 10.9. The van der Waals surface area contributed by atoms with Crippen LogP contribution in [0.1, 0.15) is 69.4 Å². The van der Waals surface area contributed by atoms with E-state index in [-0.39, 0.29) is 5.84 Å². The summed E-state index contributed by atoms with van der Waals surface area (Å²) in [7, 11) is 0. The lowest BCUT2D eigenvalue weighted by molar-refractivity contribution is 0.586. The van der Waals surface area contributed by atoms with E-state index >= 15 is 0 Å². The Hall–Kier alpha value is -1.81. The summed E-state index contributed by atoms with van der Waals surface area (Å²) in [5.41, 5.74) is 7.73. The van der Waals surface area contributed by atoms with Crippen LogP contribution < -0.4 is 5.73 Å². The molecule has 0 saturated heterocycles. The molecule has 0 amide bonds. The van der Waals surface area contributed by atoms with Gasteiger partial charge in [0.2, 0.25) is 0 Å². The summed E-state index contributed by atoms with van der Waals surface area (Å²) < 4.78 is 0. The summed E-state index contributed by atoms with van der Waals surface area (Å²) in [6, 6.07) is 10.6. The van der Waals surface area contributed by atoms with Gasteiger partial charge in [0.05, 0.1) is 0 Å². The monoisotopic (exact) mass is 367 g/mol. The molecule has 0 fully saturated rings. The van der Waals surface area contributed by atoms with Crippen LogP contribution in [0, 0.1) is 5.41 Å². The molecule has 0 radical (unpaired) electrons. The van der Waals surface area contributed by atoms with Crippen LogP contribution in [0.5, 0.6) is 0 Å². The van der Waals surface area contributed by atoms with E-state index in [1.807, 2.05) is 11.8 Å². The van der Waals surface area contributed by atoms with Gasteiger partial charge in [0.1, 0.15) is 5.84 Å². The second kappa shape index (κ2) is 9.22. The van der Waals surface area contributed by atoms with Crippen LogP contribution in [0.3, 0.4) is 0 Å². The highest BCUT2D eigenvalue weighted by molar-refractivity contribution is 7.99. The highest BCUT2D eigenvalue weighted by atomic mass is 32.2. The predicted octanol–water partition coefficient (Wildman–Crippen LogP) is 6.12. The molecule has 0 bridgehead atoms. The van der Waals surface area contributed by atoms with E-state index in [0.717, 1.165) is 16.9 Å². The number of fused-ring (bicyclic) bond motifs is 2. The zero-order chi connectivity index (χ0) is 18.4. The molecule has 26 heavy (non-hydrogen) atoms. The number of thioether (sulfide) groups is 1. The first-order valence-electron chi connectivity index (χ1n) is 9.83. The van der Waals surface area contributed by atoms with Crippen molar-refractivity contribution in [1.29, 1.82) is 5.41 Å². The average Bonchev–Trinajstić information content (AvgIpc) is 2.92. The first-order valence-corrected chi connectivity index (χ1v) is 10.8. The van der Waals surface area contributed by atoms with Crippen molar-refractivity contribution >= 4 is 34.2 Å². The third-order valence-electron chi connectivity index (χ3n) is 5.00. The fourth-order valence-electron chi connectivity index (χ4n) is 3.49. The minimum Gasteiger partial charge on any atom is -0.383 e. The van der Waals surface area contributed by atoms with Crippen molar-refractivity contribution in [3.8, 4) is 0 Å². The Kier molecular flexibility index (Phi) is 6.73. The lowest BCUT2D eigenvalue weighted by atomic mass is 10.0. The lowest BCUT2D eigenvalue weighted by Crippen LogP contribution is -2.10. The standard InChI is InChI=1S/C22H29N3S/c1-2-3-4-5-6-7-8-9-13-26-20-12-10-11-16-14-18-19(15-17(16)20)22(24)25-21(18)23/h10-12,14-15H,2-9,13H2,1H3,(H3,23,24,25). The molecule has 3 nitrogen and oxygen atoms in total. The number of rotatable bonds is 10.